The number of hydrogen-bond acceptors (Lipinski definition) is 6. The molecule has 0 saturated carbocycles. The Morgan fingerprint density at radius 2 is 1.92 bits per heavy atom. The normalized spacial score (nSPS) is 25.1. The lowest BCUT2D eigenvalue weighted by Gasteiger charge is -2.45. The molecule has 0 spiro atoms. The highest BCUT2D eigenvalue weighted by Gasteiger charge is 2.51. The lowest BCUT2D eigenvalue weighted by molar-refractivity contribution is -0.138. The van der Waals surface area contributed by atoms with Gasteiger partial charge in [0.25, 0.3) is 0 Å². The van der Waals surface area contributed by atoms with E-state index in [4.69, 9.17) is 4.74 Å². The summed E-state index contributed by atoms with van der Waals surface area (Å²) in [6.07, 6.45) is 2.88. The van der Waals surface area contributed by atoms with Crippen molar-refractivity contribution in [2.75, 3.05) is 58.7 Å². The first-order valence-corrected chi connectivity index (χ1v) is 11.3. The molecule has 25 heavy (non-hydrogen) atoms. The van der Waals surface area contributed by atoms with Gasteiger partial charge in [-0.1, -0.05) is 6.92 Å². The first-order valence-electron chi connectivity index (χ1n) is 9.37. The smallest absolute Gasteiger partial charge is 0.244 e. The summed E-state index contributed by atoms with van der Waals surface area (Å²) in [6, 6.07) is 0.261. The van der Waals surface area contributed by atoms with Crippen LogP contribution in [0.15, 0.2) is 0 Å². The molecule has 1 atom stereocenters. The third-order valence-electron chi connectivity index (χ3n) is 5.60. The molecule has 1 N–H and O–H groups in total. The van der Waals surface area contributed by atoms with Crippen LogP contribution in [0.1, 0.15) is 33.1 Å². The number of ether oxygens (including phenoxy) is 1. The van der Waals surface area contributed by atoms with Gasteiger partial charge in [-0.3, -0.25) is 9.69 Å². The summed E-state index contributed by atoms with van der Waals surface area (Å²) in [5, 5.41) is 3.17. The molecule has 0 aromatic carbocycles. The Morgan fingerprint density at radius 3 is 2.48 bits per heavy atom. The van der Waals surface area contributed by atoms with Crippen molar-refractivity contribution in [3.8, 4) is 0 Å². The van der Waals surface area contributed by atoms with Crippen LogP contribution < -0.4 is 5.32 Å². The van der Waals surface area contributed by atoms with Crippen molar-refractivity contribution in [1.29, 1.82) is 0 Å². The monoisotopic (exact) mass is 375 g/mol. The summed E-state index contributed by atoms with van der Waals surface area (Å²) in [4.78, 5) is 17.4. The van der Waals surface area contributed by atoms with Gasteiger partial charge in [-0.15, -0.1) is 0 Å². The minimum Gasteiger partial charge on any atom is -0.380 e. The Kier molecular flexibility index (Phi) is 7.25. The number of sulfone groups is 1. The number of carbonyl (C=O) groups excluding carboxylic acids is 1. The van der Waals surface area contributed by atoms with Crippen molar-refractivity contribution in [3.63, 3.8) is 0 Å². The highest BCUT2D eigenvalue weighted by molar-refractivity contribution is 7.92. The van der Waals surface area contributed by atoms with Crippen LogP contribution in [0.2, 0.25) is 0 Å². The van der Waals surface area contributed by atoms with Crippen LogP contribution in [-0.4, -0.2) is 93.7 Å². The standard InChI is InChI=1S/C17H33N3O4S/c1-4-15-14-20(11-10-19(15)12-13-24-5-2)16(21)17(25(3,22)23)6-8-18-9-7-17/h15,18H,4-14H2,1-3H3. The minimum atomic E-state index is -3.46. The van der Waals surface area contributed by atoms with Gasteiger partial charge in [0.2, 0.25) is 5.91 Å². The van der Waals surface area contributed by atoms with Gasteiger partial charge in [-0.2, -0.15) is 0 Å². The second-order valence-corrected chi connectivity index (χ2v) is 9.39. The number of piperazine rings is 1. The van der Waals surface area contributed by atoms with Gasteiger partial charge in [0.15, 0.2) is 14.6 Å². The van der Waals surface area contributed by atoms with E-state index < -0.39 is 14.6 Å². The van der Waals surface area contributed by atoms with E-state index in [0.717, 1.165) is 19.5 Å². The molecule has 2 aliphatic heterocycles. The molecule has 2 saturated heterocycles. The number of nitrogens with one attached hydrogen (secondary N) is 1. The number of amides is 1. The largest absolute Gasteiger partial charge is 0.380 e. The van der Waals surface area contributed by atoms with E-state index in [1.807, 2.05) is 6.92 Å². The zero-order valence-electron chi connectivity index (χ0n) is 15.8. The first kappa shape index (κ1) is 20.6. The first-order chi connectivity index (χ1) is 11.9. The topological polar surface area (TPSA) is 79.0 Å². The van der Waals surface area contributed by atoms with Crippen LogP contribution in [0.4, 0.5) is 0 Å². The maximum Gasteiger partial charge on any atom is 0.244 e. The van der Waals surface area contributed by atoms with Crippen LogP contribution >= 0.6 is 0 Å². The summed E-state index contributed by atoms with van der Waals surface area (Å²) >= 11 is 0. The van der Waals surface area contributed by atoms with Gasteiger partial charge in [-0.05, 0) is 39.3 Å². The molecule has 2 fully saturated rings. The van der Waals surface area contributed by atoms with E-state index in [1.54, 1.807) is 4.90 Å². The minimum absolute atomic E-state index is 0.195. The van der Waals surface area contributed by atoms with Gasteiger partial charge in [0, 0.05) is 45.1 Å². The Bertz CT molecular complexity index is 546. The maximum absolute atomic E-state index is 13.2. The summed E-state index contributed by atoms with van der Waals surface area (Å²) < 4.78 is 29.2. The molecular formula is C17H33N3O4S. The molecule has 7 nitrogen and oxygen atoms in total. The molecule has 2 aliphatic rings. The Hall–Kier alpha value is -0.700. The quantitative estimate of drug-likeness (QED) is 0.637. The van der Waals surface area contributed by atoms with Crippen LogP contribution in [-0.2, 0) is 19.4 Å². The van der Waals surface area contributed by atoms with Crippen LogP contribution in [0.3, 0.4) is 0 Å². The Labute approximate surface area is 152 Å². The second kappa shape index (κ2) is 8.79. The molecule has 0 aromatic rings. The Morgan fingerprint density at radius 1 is 1.24 bits per heavy atom. The summed E-state index contributed by atoms with van der Waals surface area (Å²) in [5.74, 6) is -0.195. The lowest BCUT2D eigenvalue weighted by atomic mass is 9.94. The van der Waals surface area contributed by atoms with E-state index in [2.05, 4.69) is 17.1 Å². The van der Waals surface area contributed by atoms with E-state index >= 15 is 0 Å². The number of hydrogen-bond donors (Lipinski definition) is 1. The van der Waals surface area contributed by atoms with Gasteiger partial charge < -0.3 is 15.0 Å². The van der Waals surface area contributed by atoms with Crippen molar-refractivity contribution in [1.82, 2.24) is 15.1 Å². The third kappa shape index (κ3) is 4.53. The Balaban J connectivity index is 2.09. The number of piperidine rings is 1. The van der Waals surface area contributed by atoms with E-state index in [1.165, 1.54) is 6.26 Å². The molecule has 8 heteroatoms. The fourth-order valence-electron chi connectivity index (χ4n) is 3.95. The van der Waals surface area contributed by atoms with Gasteiger partial charge in [0.1, 0.15) is 0 Å². The lowest BCUT2D eigenvalue weighted by Crippen LogP contribution is -2.63. The van der Waals surface area contributed by atoms with Crippen molar-refractivity contribution in [3.05, 3.63) is 0 Å². The van der Waals surface area contributed by atoms with Gasteiger partial charge >= 0.3 is 0 Å². The van der Waals surface area contributed by atoms with Crippen LogP contribution in [0.25, 0.3) is 0 Å². The van der Waals surface area contributed by atoms with E-state index in [9.17, 15) is 13.2 Å². The predicted octanol–water partition coefficient (Wildman–Crippen LogP) is 0.113. The molecular weight excluding hydrogens is 342 g/mol. The molecule has 0 radical (unpaired) electrons. The molecule has 1 unspecified atom stereocenters. The third-order valence-corrected chi connectivity index (χ3v) is 7.60. The highest BCUT2D eigenvalue weighted by Crippen LogP contribution is 2.31. The van der Waals surface area contributed by atoms with Crippen molar-refractivity contribution in [2.24, 2.45) is 0 Å². The maximum atomic E-state index is 13.2. The zero-order valence-corrected chi connectivity index (χ0v) is 16.6. The van der Waals surface area contributed by atoms with Gasteiger partial charge in [-0.25, -0.2) is 8.42 Å². The van der Waals surface area contributed by atoms with Crippen molar-refractivity contribution < 1.29 is 17.9 Å². The summed E-state index contributed by atoms with van der Waals surface area (Å²) in [6.45, 7) is 9.47. The fraction of sp³-hybridized carbons (Fsp3) is 0.941. The van der Waals surface area contributed by atoms with Crippen molar-refractivity contribution in [2.45, 2.75) is 43.9 Å². The molecule has 0 aliphatic carbocycles. The van der Waals surface area contributed by atoms with Crippen LogP contribution in [0, 0.1) is 0 Å². The van der Waals surface area contributed by atoms with Gasteiger partial charge in [0.05, 0.1) is 6.61 Å². The van der Waals surface area contributed by atoms with Crippen molar-refractivity contribution >= 4 is 15.7 Å². The average Bonchev–Trinajstić information content (AvgIpc) is 2.61. The zero-order chi connectivity index (χ0) is 18.5. The predicted molar refractivity (Wildman–Crippen MR) is 98.4 cm³/mol. The molecule has 0 bridgehead atoms. The number of rotatable bonds is 7. The SMILES string of the molecule is CCOCCN1CCN(C(=O)C2(S(C)(=O)=O)CCNCC2)CC1CC. The number of carbonyl (C=O) groups is 1. The van der Waals surface area contributed by atoms with E-state index in [-0.39, 0.29) is 11.9 Å². The fourth-order valence-corrected chi connectivity index (χ4v) is 5.34. The molecule has 2 rings (SSSR count). The molecule has 2 heterocycles. The second-order valence-electron chi connectivity index (χ2n) is 7.06. The summed E-state index contributed by atoms with van der Waals surface area (Å²) in [7, 11) is -3.46. The average molecular weight is 376 g/mol. The summed E-state index contributed by atoms with van der Waals surface area (Å²) in [5.41, 5.74) is 0. The molecule has 146 valence electrons. The highest BCUT2D eigenvalue weighted by atomic mass is 32.2. The number of nitrogens with zero attached hydrogens (tertiary/aromatic N) is 2. The van der Waals surface area contributed by atoms with Crippen LogP contribution in [0.5, 0.6) is 0 Å². The molecule has 1 amide bonds. The van der Waals surface area contributed by atoms with E-state index in [0.29, 0.717) is 52.2 Å². The molecule has 0 aromatic heterocycles.